The van der Waals surface area contributed by atoms with E-state index in [2.05, 4.69) is 15.6 Å². The zero-order valence-electron chi connectivity index (χ0n) is 10.2. The van der Waals surface area contributed by atoms with Gasteiger partial charge in [-0.05, 0) is 0 Å². The number of nitrogens with zero attached hydrogens (tertiary/aromatic N) is 3. The summed E-state index contributed by atoms with van der Waals surface area (Å²) in [5, 5.41) is 26.9. The predicted octanol–water partition coefficient (Wildman–Crippen LogP) is -1.21. The number of aromatic nitrogens is 3. The van der Waals surface area contributed by atoms with E-state index in [1.54, 1.807) is 13.2 Å². The first kappa shape index (κ1) is 14.6. The van der Waals surface area contributed by atoms with Crippen LogP contribution in [0.25, 0.3) is 0 Å². The summed E-state index contributed by atoms with van der Waals surface area (Å²) in [5.41, 5.74) is 0.600. The topological polar surface area (TPSA) is 134 Å². The van der Waals surface area contributed by atoms with E-state index in [-0.39, 0.29) is 6.42 Å². The molecule has 1 rings (SSSR count). The summed E-state index contributed by atoms with van der Waals surface area (Å²) in [5.74, 6) is -3.21. The number of carboxylic acids is 2. The molecule has 1 heterocycles. The van der Waals surface area contributed by atoms with Gasteiger partial charge < -0.3 is 15.5 Å². The second-order valence-corrected chi connectivity index (χ2v) is 3.94. The monoisotopic (exact) mass is 270 g/mol. The molecule has 0 fully saturated rings. The number of aliphatic carboxylic acids is 2. The van der Waals surface area contributed by atoms with Gasteiger partial charge in [0.2, 0.25) is 5.91 Å². The standard InChI is InChI=1S/C10H14N4O5/c1-14-5-6(12-13-14)2-3-8(15)11-7(10(18)19)4-9(16)17/h5,7H,2-4H2,1H3,(H,11,15)(H,16,17)(H,18,19). The molecule has 0 saturated heterocycles. The lowest BCUT2D eigenvalue weighted by atomic mass is 10.2. The minimum absolute atomic E-state index is 0.0160. The first-order valence-corrected chi connectivity index (χ1v) is 5.47. The maximum atomic E-state index is 11.5. The second kappa shape index (κ2) is 6.47. The summed E-state index contributed by atoms with van der Waals surface area (Å²) in [7, 11) is 1.68. The van der Waals surface area contributed by atoms with Gasteiger partial charge in [-0.3, -0.25) is 14.3 Å². The highest BCUT2D eigenvalue weighted by molar-refractivity contribution is 5.86. The van der Waals surface area contributed by atoms with Crippen molar-refractivity contribution < 1.29 is 24.6 Å². The van der Waals surface area contributed by atoms with E-state index >= 15 is 0 Å². The van der Waals surface area contributed by atoms with Crippen molar-refractivity contribution in [2.75, 3.05) is 0 Å². The lowest BCUT2D eigenvalue weighted by molar-refractivity contribution is -0.147. The van der Waals surface area contributed by atoms with Crippen LogP contribution in [-0.2, 0) is 27.9 Å². The Hall–Kier alpha value is -2.45. The molecular weight excluding hydrogens is 256 g/mol. The molecule has 0 aliphatic heterocycles. The first-order chi connectivity index (χ1) is 8.88. The molecule has 0 bridgehead atoms. The van der Waals surface area contributed by atoms with Crippen LogP contribution in [0.2, 0.25) is 0 Å². The van der Waals surface area contributed by atoms with Gasteiger partial charge in [-0.1, -0.05) is 5.21 Å². The number of amides is 1. The molecule has 0 radical (unpaired) electrons. The molecule has 0 aliphatic carbocycles. The summed E-state index contributed by atoms with van der Waals surface area (Å²) in [4.78, 5) is 32.7. The normalized spacial score (nSPS) is 11.8. The Morgan fingerprint density at radius 3 is 2.58 bits per heavy atom. The first-order valence-electron chi connectivity index (χ1n) is 5.47. The van der Waals surface area contributed by atoms with Crippen LogP contribution in [0.15, 0.2) is 6.20 Å². The molecule has 19 heavy (non-hydrogen) atoms. The van der Waals surface area contributed by atoms with Gasteiger partial charge in [0.05, 0.1) is 12.1 Å². The van der Waals surface area contributed by atoms with Crippen molar-refractivity contribution in [2.45, 2.75) is 25.3 Å². The molecular formula is C10H14N4O5. The van der Waals surface area contributed by atoms with E-state index < -0.39 is 30.3 Å². The van der Waals surface area contributed by atoms with Crippen LogP contribution in [0.1, 0.15) is 18.5 Å². The molecule has 9 nitrogen and oxygen atoms in total. The Morgan fingerprint density at radius 2 is 2.11 bits per heavy atom. The third-order valence-electron chi connectivity index (χ3n) is 2.27. The van der Waals surface area contributed by atoms with E-state index in [0.29, 0.717) is 12.1 Å². The molecule has 104 valence electrons. The third-order valence-corrected chi connectivity index (χ3v) is 2.27. The molecule has 1 amide bonds. The highest BCUT2D eigenvalue weighted by atomic mass is 16.4. The van der Waals surface area contributed by atoms with Crippen molar-refractivity contribution in [3.05, 3.63) is 11.9 Å². The quantitative estimate of drug-likeness (QED) is 0.566. The predicted molar refractivity (Wildman–Crippen MR) is 61.1 cm³/mol. The van der Waals surface area contributed by atoms with E-state index in [1.807, 2.05) is 0 Å². The molecule has 3 N–H and O–H groups in total. The van der Waals surface area contributed by atoms with Crippen LogP contribution in [0, 0.1) is 0 Å². The number of carbonyl (C=O) groups excluding carboxylic acids is 1. The number of aryl methyl sites for hydroxylation is 2. The number of carboxylic acid groups (broad SMARTS) is 2. The van der Waals surface area contributed by atoms with Crippen LogP contribution in [-0.4, -0.2) is 49.1 Å². The molecule has 1 aromatic rings. The second-order valence-electron chi connectivity index (χ2n) is 3.94. The summed E-state index contributed by atoms with van der Waals surface area (Å²) in [6, 6.07) is -1.42. The molecule has 1 unspecified atom stereocenters. The van der Waals surface area contributed by atoms with Crippen molar-refractivity contribution in [1.82, 2.24) is 20.3 Å². The number of hydrogen-bond acceptors (Lipinski definition) is 5. The average Bonchev–Trinajstić information content (AvgIpc) is 2.71. The Kier molecular flexibility index (Phi) is 4.98. The van der Waals surface area contributed by atoms with Crippen molar-refractivity contribution in [3.8, 4) is 0 Å². The van der Waals surface area contributed by atoms with E-state index in [0.717, 1.165) is 0 Å². The van der Waals surface area contributed by atoms with Gasteiger partial charge in [0.25, 0.3) is 0 Å². The summed E-state index contributed by atoms with van der Waals surface area (Å²) in [6.45, 7) is 0. The average molecular weight is 270 g/mol. The largest absolute Gasteiger partial charge is 0.481 e. The van der Waals surface area contributed by atoms with Crippen molar-refractivity contribution in [1.29, 1.82) is 0 Å². The van der Waals surface area contributed by atoms with Gasteiger partial charge in [0, 0.05) is 26.1 Å². The van der Waals surface area contributed by atoms with Crippen LogP contribution in [0.5, 0.6) is 0 Å². The SMILES string of the molecule is Cn1cc(CCC(=O)NC(CC(=O)O)C(=O)O)nn1. The molecule has 1 atom stereocenters. The maximum Gasteiger partial charge on any atom is 0.326 e. The minimum atomic E-state index is -1.42. The highest BCUT2D eigenvalue weighted by Gasteiger charge is 2.22. The van der Waals surface area contributed by atoms with Crippen LogP contribution >= 0.6 is 0 Å². The molecule has 9 heteroatoms. The van der Waals surface area contributed by atoms with Gasteiger partial charge in [-0.15, -0.1) is 5.10 Å². The number of hydrogen-bond donors (Lipinski definition) is 3. The summed E-state index contributed by atoms with van der Waals surface area (Å²) in [6.07, 6.45) is 1.30. The van der Waals surface area contributed by atoms with E-state index in [4.69, 9.17) is 10.2 Å². The van der Waals surface area contributed by atoms with Gasteiger partial charge in [0.1, 0.15) is 6.04 Å². The number of carbonyl (C=O) groups is 3. The zero-order valence-corrected chi connectivity index (χ0v) is 10.2. The molecule has 0 aromatic carbocycles. The third kappa shape index (κ3) is 5.15. The number of rotatable bonds is 7. The van der Waals surface area contributed by atoms with Gasteiger partial charge in [-0.2, -0.15) is 0 Å². The lowest BCUT2D eigenvalue weighted by Crippen LogP contribution is -2.42. The zero-order chi connectivity index (χ0) is 14.4. The van der Waals surface area contributed by atoms with E-state index in [9.17, 15) is 14.4 Å². The highest BCUT2D eigenvalue weighted by Crippen LogP contribution is 1.99. The molecule has 1 aromatic heterocycles. The fraction of sp³-hybridized carbons (Fsp3) is 0.500. The minimum Gasteiger partial charge on any atom is -0.481 e. The smallest absolute Gasteiger partial charge is 0.326 e. The Labute approximate surface area is 108 Å². The molecule has 0 saturated carbocycles. The van der Waals surface area contributed by atoms with Crippen LogP contribution < -0.4 is 5.32 Å². The lowest BCUT2D eigenvalue weighted by Gasteiger charge is -2.11. The molecule has 0 aliphatic rings. The van der Waals surface area contributed by atoms with E-state index in [1.165, 1.54) is 4.68 Å². The summed E-state index contributed by atoms with van der Waals surface area (Å²) < 4.78 is 1.48. The van der Waals surface area contributed by atoms with Crippen molar-refractivity contribution in [2.24, 2.45) is 7.05 Å². The Bertz CT molecular complexity index is 484. The van der Waals surface area contributed by atoms with Gasteiger partial charge in [0.15, 0.2) is 0 Å². The molecule has 0 spiro atoms. The number of nitrogens with one attached hydrogen (secondary N) is 1. The Balaban J connectivity index is 2.44. The van der Waals surface area contributed by atoms with Crippen molar-refractivity contribution in [3.63, 3.8) is 0 Å². The van der Waals surface area contributed by atoms with Gasteiger partial charge in [-0.25, -0.2) is 4.79 Å². The van der Waals surface area contributed by atoms with Crippen LogP contribution in [0.4, 0.5) is 0 Å². The van der Waals surface area contributed by atoms with Crippen molar-refractivity contribution >= 4 is 17.8 Å². The fourth-order valence-electron chi connectivity index (χ4n) is 1.39. The summed E-state index contributed by atoms with van der Waals surface area (Å²) >= 11 is 0. The van der Waals surface area contributed by atoms with Gasteiger partial charge >= 0.3 is 11.9 Å². The maximum absolute atomic E-state index is 11.5. The Morgan fingerprint density at radius 1 is 1.42 bits per heavy atom. The van der Waals surface area contributed by atoms with Crippen LogP contribution in [0.3, 0.4) is 0 Å². The fourth-order valence-corrected chi connectivity index (χ4v) is 1.39.